The molecule has 0 heterocycles. The molecule has 1 fully saturated rings. The van der Waals surface area contributed by atoms with E-state index >= 15 is 0 Å². The molecule has 1 aliphatic rings. The Kier molecular flexibility index (Phi) is 4.13. The molecule has 0 bridgehead atoms. The van der Waals surface area contributed by atoms with Gasteiger partial charge in [-0.25, -0.2) is 0 Å². The number of rotatable bonds is 4. The van der Waals surface area contributed by atoms with E-state index in [1.54, 1.807) is 0 Å². The SMILES string of the molecule is CC(C)c1ccc(C2(CN=C(N)N)CCCC2)cc1. The summed E-state index contributed by atoms with van der Waals surface area (Å²) in [5.74, 6) is 0.774. The van der Waals surface area contributed by atoms with Gasteiger partial charge in [0.2, 0.25) is 0 Å². The van der Waals surface area contributed by atoms with E-state index in [1.807, 2.05) is 0 Å². The molecule has 1 saturated carbocycles. The third-order valence-electron chi connectivity index (χ3n) is 4.31. The average Bonchev–Trinajstić information content (AvgIpc) is 2.86. The van der Waals surface area contributed by atoms with E-state index in [-0.39, 0.29) is 11.4 Å². The van der Waals surface area contributed by atoms with Gasteiger partial charge in [0.15, 0.2) is 5.96 Å². The van der Waals surface area contributed by atoms with Crippen LogP contribution in [0, 0.1) is 0 Å². The maximum Gasteiger partial charge on any atom is 0.185 e. The van der Waals surface area contributed by atoms with Crippen molar-refractivity contribution in [3.05, 3.63) is 35.4 Å². The van der Waals surface area contributed by atoms with E-state index in [4.69, 9.17) is 11.5 Å². The largest absolute Gasteiger partial charge is 0.370 e. The zero-order chi connectivity index (χ0) is 13.9. The summed E-state index contributed by atoms with van der Waals surface area (Å²) in [5, 5.41) is 0. The lowest BCUT2D eigenvalue weighted by molar-refractivity contribution is 0.454. The monoisotopic (exact) mass is 259 g/mol. The molecule has 0 amide bonds. The normalized spacial score (nSPS) is 17.6. The Morgan fingerprint density at radius 3 is 2.21 bits per heavy atom. The molecule has 0 atom stereocenters. The molecule has 0 unspecified atom stereocenters. The van der Waals surface area contributed by atoms with Gasteiger partial charge in [-0.3, -0.25) is 4.99 Å². The molecule has 104 valence electrons. The summed E-state index contributed by atoms with van der Waals surface area (Å²) in [4.78, 5) is 4.28. The second-order valence-electron chi connectivity index (χ2n) is 6.01. The van der Waals surface area contributed by atoms with Crippen molar-refractivity contribution in [2.45, 2.75) is 50.9 Å². The minimum atomic E-state index is 0.152. The topological polar surface area (TPSA) is 64.4 Å². The fourth-order valence-corrected chi connectivity index (χ4v) is 3.05. The van der Waals surface area contributed by atoms with E-state index in [1.165, 1.54) is 36.8 Å². The highest BCUT2D eigenvalue weighted by molar-refractivity contribution is 5.75. The molecule has 1 aliphatic carbocycles. The van der Waals surface area contributed by atoms with Gasteiger partial charge in [0.05, 0.1) is 6.54 Å². The zero-order valence-electron chi connectivity index (χ0n) is 12.0. The second kappa shape index (κ2) is 5.64. The van der Waals surface area contributed by atoms with Crippen LogP contribution in [0.15, 0.2) is 29.3 Å². The standard InChI is InChI=1S/C16H25N3/c1-12(2)13-5-7-14(8-6-13)16(9-3-4-10-16)11-19-15(17)18/h5-8,12H,3-4,9-11H2,1-2H3,(H4,17,18,19). The molecule has 3 heteroatoms. The number of aliphatic imine (C=N–C) groups is 1. The molecule has 0 saturated heterocycles. The molecule has 0 spiro atoms. The Morgan fingerprint density at radius 1 is 1.16 bits per heavy atom. The van der Waals surface area contributed by atoms with Crippen LogP contribution in [0.1, 0.15) is 56.6 Å². The predicted octanol–water partition coefficient (Wildman–Crippen LogP) is 2.90. The molecule has 1 aromatic carbocycles. The number of guanidine groups is 1. The van der Waals surface area contributed by atoms with Crippen LogP contribution in [-0.2, 0) is 5.41 Å². The first-order valence-electron chi connectivity index (χ1n) is 7.19. The minimum Gasteiger partial charge on any atom is -0.370 e. The summed E-state index contributed by atoms with van der Waals surface area (Å²) in [5.41, 5.74) is 13.9. The lowest BCUT2D eigenvalue weighted by Gasteiger charge is -2.28. The van der Waals surface area contributed by atoms with Gasteiger partial charge < -0.3 is 11.5 Å². The maximum absolute atomic E-state index is 5.50. The van der Waals surface area contributed by atoms with Crippen LogP contribution in [-0.4, -0.2) is 12.5 Å². The fraction of sp³-hybridized carbons (Fsp3) is 0.562. The van der Waals surface area contributed by atoms with E-state index < -0.39 is 0 Å². The van der Waals surface area contributed by atoms with Crippen molar-refractivity contribution in [3.8, 4) is 0 Å². The van der Waals surface area contributed by atoms with Crippen LogP contribution in [0.3, 0.4) is 0 Å². The predicted molar refractivity (Wildman–Crippen MR) is 81.4 cm³/mol. The van der Waals surface area contributed by atoms with Gasteiger partial charge in [0.25, 0.3) is 0 Å². The van der Waals surface area contributed by atoms with Crippen molar-refractivity contribution in [1.29, 1.82) is 0 Å². The van der Waals surface area contributed by atoms with Crippen LogP contribution >= 0.6 is 0 Å². The first-order valence-corrected chi connectivity index (χ1v) is 7.19. The molecule has 2 rings (SSSR count). The first-order chi connectivity index (χ1) is 9.03. The summed E-state index contributed by atoms with van der Waals surface area (Å²) < 4.78 is 0. The smallest absolute Gasteiger partial charge is 0.185 e. The van der Waals surface area contributed by atoms with Crippen molar-refractivity contribution >= 4 is 5.96 Å². The molecular weight excluding hydrogens is 234 g/mol. The maximum atomic E-state index is 5.50. The Bertz CT molecular complexity index is 436. The van der Waals surface area contributed by atoms with E-state index in [2.05, 4.69) is 43.1 Å². The molecule has 19 heavy (non-hydrogen) atoms. The van der Waals surface area contributed by atoms with Crippen molar-refractivity contribution in [3.63, 3.8) is 0 Å². The molecule has 0 aliphatic heterocycles. The molecule has 3 nitrogen and oxygen atoms in total. The van der Waals surface area contributed by atoms with Crippen molar-refractivity contribution in [2.24, 2.45) is 16.5 Å². The third-order valence-corrected chi connectivity index (χ3v) is 4.31. The number of hydrogen-bond donors (Lipinski definition) is 2. The van der Waals surface area contributed by atoms with E-state index in [0.717, 1.165) is 6.54 Å². The summed E-state index contributed by atoms with van der Waals surface area (Å²) in [6, 6.07) is 9.02. The molecule has 4 N–H and O–H groups in total. The van der Waals surface area contributed by atoms with Crippen LogP contribution in [0.25, 0.3) is 0 Å². The van der Waals surface area contributed by atoms with Gasteiger partial charge in [-0.15, -0.1) is 0 Å². The van der Waals surface area contributed by atoms with E-state index in [0.29, 0.717) is 5.92 Å². The summed E-state index contributed by atoms with van der Waals surface area (Å²) in [7, 11) is 0. The Balaban J connectivity index is 2.26. The Morgan fingerprint density at radius 2 is 1.74 bits per heavy atom. The first kappa shape index (κ1) is 13.9. The van der Waals surface area contributed by atoms with Gasteiger partial charge in [-0.2, -0.15) is 0 Å². The number of hydrogen-bond acceptors (Lipinski definition) is 1. The van der Waals surface area contributed by atoms with Crippen molar-refractivity contribution in [2.75, 3.05) is 6.54 Å². The van der Waals surface area contributed by atoms with Crippen molar-refractivity contribution in [1.82, 2.24) is 0 Å². The zero-order valence-corrected chi connectivity index (χ0v) is 12.0. The molecule has 0 aromatic heterocycles. The molecular formula is C16H25N3. The van der Waals surface area contributed by atoms with Crippen LogP contribution in [0.2, 0.25) is 0 Å². The van der Waals surface area contributed by atoms with Gasteiger partial charge >= 0.3 is 0 Å². The fourth-order valence-electron chi connectivity index (χ4n) is 3.05. The molecule has 0 radical (unpaired) electrons. The van der Waals surface area contributed by atoms with E-state index in [9.17, 15) is 0 Å². The summed E-state index contributed by atoms with van der Waals surface area (Å²) in [6.07, 6.45) is 4.91. The highest BCUT2D eigenvalue weighted by Gasteiger charge is 2.35. The van der Waals surface area contributed by atoms with Gasteiger partial charge in [-0.1, -0.05) is 51.0 Å². The Hall–Kier alpha value is -1.51. The lowest BCUT2D eigenvalue weighted by atomic mass is 9.78. The van der Waals surface area contributed by atoms with Crippen LogP contribution in [0.4, 0.5) is 0 Å². The van der Waals surface area contributed by atoms with Gasteiger partial charge in [0.1, 0.15) is 0 Å². The summed E-state index contributed by atoms with van der Waals surface area (Å²) >= 11 is 0. The summed E-state index contributed by atoms with van der Waals surface area (Å²) in [6.45, 7) is 5.16. The number of benzene rings is 1. The second-order valence-corrected chi connectivity index (χ2v) is 6.01. The van der Waals surface area contributed by atoms with Gasteiger partial charge in [-0.05, 0) is 29.9 Å². The third kappa shape index (κ3) is 3.09. The van der Waals surface area contributed by atoms with Crippen LogP contribution < -0.4 is 11.5 Å². The Labute approximate surface area is 116 Å². The quantitative estimate of drug-likeness (QED) is 0.645. The van der Waals surface area contributed by atoms with Crippen LogP contribution in [0.5, 0.6) is 0 Å². The van der Waals surface area contributed by atoms with Gasteiger partial charge in [0, 0.05) is 5.41 Å². The minimum absolute atomic E-state index is 0.152. The lowest BCUT2D eigenvalue weighted by Crippen LogP contribution is -2.30. The number of nitrogens with two attached hydrogens (primary N) is 2. The average molecular weight is 259 g/mol. The molecule has 1 aromatic rings. The van der Waals surface area contributed by atoms with Crippen molar-refractivity contribution < 1.29 is 0 Å². The number of nitrogens with zero attached hydrogens (tertiary/aromatic N) is 1. The highest BCUT2D eigenvalue weighted by Crippen LogP contribution is 2.41. The highest BCUT2D eigenvalue weighted by atomic mass is 15.0.